The van der Waals surface area contributed by atoms with Crippen molar-refractivity contribution in [1.82, 2.24) is 9.61 Å². The van der Waals surface area contributed by atoms with Crippen molar-refractivity contribution >= 4 is 11.3 Å². The number of hydrogen-bond donors (Lipinski definition) is 0. The number of nitrogens with zero attached hydrogens (tertiary/aromatic N) is 2. The molecule has 1 fully saturated rings. The topological polar surface area (TPSA) is 43.6 Å². The van der Waals surface area contributed by atoms with Gasteiger partial charge in [0, 0.05) is 5.92 Å². The van der Waals surface area contributed by atoms with Crippen LogP contribution in [0.2, 0.25) is 0 Å². The van der Waals surface area contributed by atoms with E-state index in [4.69, 9.17) is 4.74 Å². The lowest BCUT2D eigenvalue weighted by Gasteiger charge is -2.26. The van der Waals surface area contributed by atoms with Crippen LogP contribution in [0.25, 0.3) is 5.52 Å². The van der Waals surface area contributed by atoms with Crippen LogP contribution in [-0.4, -0.2) is 21.5 Å². The number of pyridine rings is 1. The number of ketones is 1. The summed E-state index contributed by atoms with van der Waals surface area (Å²) in [5.74, 6) is 0.936. The van der Waals surface area contributed by atoms with Gasteiger partial charge in [-0.15, -0.1) is 0 Å². The molecule has 0 bridgehead atoms. The zero-order valence-electron chi connectivity index (χ0n) is 11.3. The fourth-order valence-electron chi connectivity index (χ4n) is 2.22. The summed E-state index contributed by atoms with van der Waals surface area (Å²) >= 11 is 0. The highest BCUT2D eigenvalue weighted by atomic mass is 16.5. The van der Waals surface area contributed by atoms with Gasteiger partial charge in [-0.2, -0.15) is 5.10 Å². The SMILES string of the molecule is CC(C)C(=O)c1cnn2cc(OC3CCC3)ccc12. The zero-order valence-corrected chi connectivity index (χ0v) is 11.3. The molecule has 0 aliphatic heterocycles. The van der Waals surface area contributed by atoms with Crippen molar-refractivity contribution in [2.75, 3.05) is 0 Å². The minimum atomic E-state index is -0.0149. The van der Waals surface area contributed by atoms with Crippen molar-refractivity contribution in [2.45, 2.75) is 39.2 Å². The lowest BCUT2D eigenvalue weighted by molar-refractivity contribution is 0.0941. The van der Waals surface area contributed by atoms with E-state index in [9.17, 15) is 4.79 Å². The fraction of sp³-hybridized carbons (Fsp3) is 0.467. The van der Waals surface area contributed by atoms with E-state index in [2.05, 4.69) is 5.10 Å². The molecule has 1 aliphatic carbocycles. The van der Waals surface area contributed by atoms with Gasteiger partial charge in [0.15, 0.2) is 5.78 Å². The van der Waals surface area contributed by atoms with Gasteiger partial charge in [-0.25, -0.2) is 4.52 Å². The monoisotopic (exact) mass is 258 g/mol. The molecule has 2 aromatic rings. The number of fused-ring (bicyclic) bond motifs is 1. The summed E-state index contributed by atoms with van der Waals surface area (Å²) in [7, 11) is 0. The van der Waals surface area contributed by atoms with Crippen LogP contribution in [0.5, 0.6) is 5.75 Å². The summed E-state index contributed by atoms with van der Waals surface area (Å²) in [6.45, 7) is 3.81. The van der Waals surface area contributed by atoms with Crippen molar-refractivity contribution in [2.24, 2.45) is 5.92 Å². The molecule has 100 valence electrons. The molecule has 19 heavy (non-hydrogen) atoms. The molecule has 4 heteroatoms. The van der Waals surface area contributed by atoms with Gasteiger partial charge in [0.2, 0.25) is 0 Å². The van der Waals surface area contributed by atoms with Crippen LogP contribution in [0.1, 0.15) is 43.5 Å². The van der Waals surface area contributed by atoms with Crippen molar-refractivity contribution in [3.05, 3.63) is 30.1 Å². The van der Waals surface area contributed by atoms with Crippen LogP contribution in [-0.2, 0) is 0 Å². The predicted octanol–water partition coefficient (Wildman–Crippen LogP) is 3.10. The summed E-state index contributed by atoms with van der Waals surface area (Å²) < 4.78 is 7.56. The van der Waals surface area contributed by atoms with E-state index in [1.165, 1.54) is 6.42 Å². The maximum absolute atomic E-state index is 12.1. The van der Waals surface area contributed by atoms with Gasteiger partial charge in [-0.1, -0.05) is 13.8 Å². The second-order valence-corrected chi connectivity index (χ2v) is 5.44. The average molecular weight is 258 g/mol. The van der Waals surface area contributed by atoms with Crippen molar-refractivity contribution in [3.8, 4) is 5.75 Å². The zero-order chi connectivity index (χ0) is 13.4. The Balaban J connectivity index is 1.90. The Morgan fingerprint density at radius 2 is 2.21 bits per heavy atom. The molecular formula is C15H18N2O2. The highest BCUT2D eigenvalue weighted by molar-refractivity contribution is 6.03. The average Bonchev–Trinajstić information content (AvgIpc) is 2.75. The van der Waals surface area contributed by atoms with Gasteiger partial charge in [0.1, 0.15) is 5.75 Å². The molecule has 0 aromatic carbocycles. The highest BCUT2D eigenvalue weighted by Crippen LogP contribution is 2.26. The summed E-state index contributed by atoms with van der Waals surface area (Å²) in [6, 6.07) is 3.84. The van der Waals surface area contributed by atoms with Crippen LogP contribution < -0.4 is 4.74 Å². The number of rotatable bonds is 4. The molecule has 0 amide bonds. The number of carbonyl (C=O) groups excluding carboxylic acids is 1. The van der Waals surface area contributed by atoms with E-state index in [-0.39, 0.29) is 11.7 Å². The van der Waals surface area contributed by atoms with Crippen LogP contribution in [0.3, 0.4) is 0 Å². The summed E-state index contributed by atoms with van der Waals surface area (Å²) in [6.07, 6.45) is 7.37. The predicted molar refractivity (Wildman–Crippen MR) is 72.6 cm³/mol. The van der Waals surface area contributed by atoms with Crippen molar-refractivity contribution in [1.29, 1.82) is 0 Å². The number of Topliss-reactive ketones (excluding diaryl/α,β-unsaturated/α-hetero) is 1. The first-order valence-electron chi connectivity index (χ1n) is 6.83. The van der Waals surface area contributed by atoms with Gasteiger partial charge in [0.25, 0.3) is 0 Å². The fourth-order valence-corrected chi connectivity index (χ4v) is 2.22. The van der Waals surface area contributed by atoms with Gasteiger partial charge in [-0.3, -0.25) is 4.79 Å². The highest BCUT2D eigenvalue weighted by Gasteiger charge is 2.20. The molecule has 0 unspecified atom stereocenters. The Kier molecular flexibility index (Phi) is 3.01. The van der Waals surface area contributed by atoms with E-state index >= 15 is 0 Å². The minimum Gasteiger partial charge on any atom is -0.489 e. The Morgan fingerprint density at radius 3 is 2.84 bits per heavy atom. The molecule has 0 spiro atoms. The Hall–Kier alpha value is -1.84. The molecule has 3 rings (SSSR count). The molecule has 4 nitrogen and oxygen atoms in total. The minimum absolute atomic E-state index is 0.0149. The van der Waals surface area contributed by atoms with Crippen LogP contribution >= 0.6 is 0 Å². The molecule has 1 saturated carbocycles. The van der Waals surface area contributed by atoms with Gasteiger partial charge in [0.05, 0.1) is 29.6 Å². The third kappa shape index (κ3) is 2.23. The number of aromatic nitrogens is 2. The van der Waals surface area contributed by atoms with Crippen LogP contribution in [0.15, 0.2) is 24.5 Å². The Morgan fingerprint density at radius 1 is 1.42 bits per heavy atom. The Labute approximate surface area is 112 Å². The molecule has 2 heterocycles. The van der Waals surface area contributed by atoms with Crippen molar-refractivity contribution in [3.63, 3.8) is 0 Å². The van der Waals surface area contributed by atoms with Gasteiger partial charge >= 0.3 is 0 Å². The standard InChI is InChI=1S/C15H18N2O2/c1-10(2)15(18)13-8-16-17-9-12(6-7-14(13)17)19-11-4-3-5-11/h6-11H,3-5H2,1-2H3. The van der Waals surface area contributed by atoms with Gasteiger partial charge in [-0.05, 0) is 31.4 Å². The quantitative estimate of drug-likeness (QED) is 0.791. The first-order valence-corrected chi connectivity index (χ1v) is 6.83. The normalized spacial score (nSPS) is 15.7. The molecule has 0 atom stereocenters. The third-order valence-electron chi connectivity index (χ3n) is 3.63. The molecular weight excluding hydrogens is 240 g/mol. The molecule has 0 radical (unpaired) electrons. The van der Waals surface area contributed by atoms with E-state index in [1.54, 1.807) is 10.7 Å². The smallest absolute Gasteiger partial charge is 0.169 e. The summed E-state index contributed by atoms with van der Waals surface area (Å²) in [5, 5.41) is 4.25. The summed E-state index contributed by atoms with van der Waals surface area (Å²) in [5.41, 5.74) is 1.53. The summed E-state index contributed by atoms with van der Waals surface area (Å²) in [4.78, 5) is 12.1. The second-order valence-electron chi connectivity index (χ2n) is 5.44. The van der Waals surface area contributed by atoms with E-state index in [1.807, 2.05) is 32.2 Å². The van der Waals surface area contributed by atoms with Crippen molar-refractivity contribution < 1.29 is 9.53 Å². The van der Waals surface area contributed by atoms with E-state index in [0.717, 1.165) is 24.1 Å². The van der Waals surface area contributed by atoms with Crippen LogP contribution in [0.4, 0.5) is 0 Å². The van der Waals surface area contributed by atoms with Gasteiger partial charge < -0.3 is 4.74 Å². The molecule has 0 N–H and O–H groups in total. The van der Waals surface area contributed by atoms with E-state index < -0.39 is 0 Å². The number of ether oxygens (including phenoxy) is 1. The first kappa shape index (κ1) is 12.2. The maximum atomic E-state index is 12.1. The maximum Gasteiger partial charge on any atom is 0.169 e. The lowest BCUT2D eigenvalue weighted by Crippen LogP contribution is -2.24. The molecule has 2 aromatic heterocycles. The Bertz CT molecular complexity index is 612. The van der Waals surface area contributed by atoms with Crippen LogP contribution in [0, 0.1) is 5.92 Å². The second kappa shape index (κ2) is 4.68. The number of carbonyl (C=O) groups is 1. The molecule has 1 aliphatic rings. The van der Waals surface area contributed by atoms with E-state index in [0.29, 0.717) is 11.7 Å². The third-order valence-corrected chi connectivity index (χ3v) is 3.63. The molecule has 0 saturated heterocycles. The number of hydrogen-bond acceptors (Lipinski definition) is 3. The lowest BCUT2D eigenvalue weighted by atomic mass is 9.96. The first-order chi connectivity index (χ1) is 9.15. The largest absolute Gasteiger partial charge is 0.489 e.